The van der Waals surface area contributed by atoms with E-state index in [4.69, 9.17) is 15.9 Å². The summed E-state index contributed by atoms with van der Waals surface area (Å²) in [5.41, 5.74) is 3.42. The summed E-state index contributed by atoms with van der Waals surface area (Å²) in [5.74, 6) is -2.53. The molecule has 0 aliphatic carbocycles. The van der Waals surface area contributed by atoms with Gasteiger partial charge in [0.2, 0.25) is 0 Å². The van der Waals surface area contributed by atoms with Gasteiger partial charge in [0.25, 0.3) is 0 Å². The minimum atomic E-state index is -1.66. The van der Waals surface area contributed by atoms with E-state index in [1.165, 1.54) is 0 Å². The van der Waals surface area contributed by atoms with Crippen LogP contribution in [0.15, 0.2) is 0 Å². The van der Waals surface area contributed by atoms with Gasteiger partial charge in [0.1, 0.15) is 5.54 Å². The third-order valence-electron chi connectivity index (χ3n) is 1.01. The molecular weight excluding hydrogens is 174 g/mol. The zero-order valence-corrected chi connectivity index (χ0v) is 6.72. The Balaban J connectivity index is 0. The summed E-state index contributed by atoms with van der Waals surface area (Å²) in [6.07, 6.45) is -0.567. The van der Waals surface area contributed by atoms with Gasteiger partial charge < -0.3 is 15.9 Å². The van der Waals surface area contributed by atoms with Crippen LogP contribution in [-0.4, -0.2) is 27.7 Å². The molecule has 0 spiro atoms. The molecule has 0 saturated heterocycles. The van der Waals surface area contributed by atoms with E-state index in [0.29, 0.717) is 0 Å². The maximum absolute atomic E-state index is 10.2. The van der Waals surface area contributed by atoms with E-state index < -0.39 is 23.9 Å². The van der Waals surface area contributed by atoms with Crippen molar-refractivity contribution < 1.29 is 19.8 Å². The first-order valence-electron chi connectivity index (χ1n) is 2.60. The zero-order chi connectivity index (χ0) is 8.36. The monoisotopic (exact) mass is 183 g/mol. The summed E-state index contributed by atoms with van der Waals surface area (Å²) in [6, 6.07) is 0. The molecule has 0 aliphatic rings. The van der Waals surface area contributed by atoms with Crippen LogP contribution in [-0.2, 0) is 9.59 Å². The summed E-state index contributed by atoms with van der Waals surface area (Å²) < 4.78 is 0. The highest BCUT2D eigenvalue weighted by atomic mass is 35.5. The average molecular weight is 184 g/mol. The molecule has 1 atom stereocenters. The molecule has 5 nitrogen and oxygen atoms in total. The van der Waals surface area contributed by atoms with Crippen molar-refractivity contribution in [1.29, 1.82) is 0 Å². The number of nitrogens with two attached hydrogens (primary N) is 1. The second kappa shape index (κ2) is 4.15. The molecule has 0 aromatic carbocycles. The molecule has 1 unspecified atom stereocenters. The summed E-state index contributed by atoms with van der Waals surface area (Å²) in [6.45, 7) is 1.16. The van der Waals surface area contributed by atoms with Crippen molar-refractivity contribution in [2.45, 2.75) is 18.9 Å². The number of aliphatic carboxylic acids is 2. The molecule has 0 aromatic rings. The van der Waals surface area contributed by atoms with Crippen LogP contribution >= 0.6 is 12.4 Å². The van der Waals surface area contributed by atoms with Gasteiger partial charge in [0, 0.05) is 0 Å². The summed E-state index contributed by atoms with van der Waals surface area (Å²) in [5, 5.41) is 16.5. The van der Waals surface area contributed by atoms with Gasteiger partial charge >= 0.3 is 11.9 Å². The van der Waals surface area contributed by atoms with Gasteiger partial charge in [0.05, 0.1) is 6.42 Å². The third-order valence-corrected chi connectivity index (χ3v) is 1.01. The van der Waals surface area contributed by atoms with Gasteiger partial charge in [0.15, 0.2) is 0 Å². The largest absolute Gasteiger partial charge is 0.481 e. The predicted molar refractivity (Wildman–Crippen MR) is 39.7 cm³/mol. The van der Waals surface area contributed by atoms with Crippen LogP contribution in [0.5, 0.6) is 0 Å². The first-order valence-corrected chi connectivity index (χ1v) is 2.60. The van der Waals surface area contributed by atoms with Crippen molar-refractivity contribution in [3.63, 3.8) is 0 Å². The average Bonchev–Trinajstić information content (AvgIpc) is 1.60. The maximum Gasteiger partial charge on any atom is 0.323 e. The molecule has 0 heterocycles. The van der Waals surface area contributed by atoms with E-state index in [1.807, 2.05) is 0 Å². The van der Waals surface area contributed by atoms with Crippen molar-refractivity contribution >= 4 is 24.3 Å². The Kier molecular flexibility index (Phi) is 4.84. The maximum atomic E-state index is 10.2. The fourth-order valence-electron chi connectivity index (χ4n) is 0.390. The Labute approximate surface area is 69.6 Å². The van der Waals surface area contributed by atoms with Crippen LogP contribution in [0.1, 0.15) is 13.3 Å². The van der Waals surface area contributed by atoms with Crippen molar-refractivity contribution in [2.24, 2.45) is 5.73 Å². The van der Waals surface area contributed by atoms with E-state index in [0.717, 1.165) is 6.92 Å². The molecule has 0 fully saturated rings. The smallest absolute Gasteiger partial charge is 0.323 e. The third kappa shape index (κ3) is 4.58. The lowest BCUT2D eigenvalue weighted by molar-refractivity contribution is -0.149. The molecule has 6 heteroatoms. The molecule has 0 rings (SSSR count). The number of halogens is 1. The second-order valence-electron chi connectivity index (χ2n) is 2.29. The number of hydrogen-bond acceptors (Lipinski definition) is 3. The highest BCUT2D eigenvalue weighted by molar-refractivity contribution is 5.85. The first kappa shape index (κ1) is 12.8. The number of carboxylic acid groups (broad SMARTS) is 2. The summed E-state index contributed by atoms with van der Waals surface area (Å²) in [7, 11) is 0. The molecule has 4 N–H and O–H groups in total. The minimum Gasteiger partial charge on any atom is -0.481 e. The molecular formula is C5H10ClNO4. The van der Waals surface area contributed by atoms with E-state index >= 15 is 0 Å². The molecule has 0 aromatic heterocycles. The number of hydrogen-bond donors (Lipinski definition) is 3. The van der Waals surface area contributed by atoms with Crippen LogP contribution in [0, 0.1) is 0 Å². The Morgan fingerprint density at radius 2 is 1.82 bits per heavy atom. The molecule has 0 aliphatic heterocycles. The lowest BCUT2D eigenvalue weighted by Gasteiger charge is -2.15. The molecule has 0 radical (unpaired) electrons. The second-order valence-corrected chi connectivity index (χ2v) is 2.29. The van der Waals surface area contributed by atoms with Crippen molar-refractivity contribution in [3.05, 3.63) is 0 Å². The van der Waals surface area contributed by atoms with Gasteiger partial charge in [-0.15, -0.1) is 12.4 Å². The van der Waals surface area contributed by atoms with Gasteiger partial charge in [-0.3, -0.25) is 9.59 Å². The lowest BCUT2D eigenvalue weighted by atomic mass is 10.0. The van der Waals surface area contributed by atoms with Gasteiger partial charge in [-0.1, -0.05) is 0 Å². The molecule has 0 amide bonds. The zero-order valence-electron chi connectivity index (χ0n) is 5.90. The molecule has 0 saturated carbocycles. The summed E-state index contributed by atoms with van der Waals surface area (Å²) >= 11 is 0. The fraction of sp³-hybridized carbons (Fsp3) is 0.600. The summed E-state index contributed by atoms with van der Waals surface area (Å²) in [4.78, 5) is 20.1. The van der Waals surface area contributed by atoms with E-state index in [2.05, 4.69) is 0 Å². The standard InChI is InChI=1S/C5H9NO4.ClH/c1-5(6,4(9)10)2-3(7)8;/h2,6H2,1H3,(H,7,8)(H,9,10);1H. The topological polar surface area (TPSA) is 101 Å². The Morgan fingerprint density at radius 1 is 1.45 bits per heavy atom. The van der Waals surface area contributed by atoms with Crippen LogP contribution in [0.4, 0.5) is 0 Å². The van der Waals surface area contributed by atoms with Crippen LogP contribution in [0.2, 0.25) is 0 Å². The number of rotatable bonds is 3. The van der Waals surface area contributed by atoms with Gasteiger partial charge in [-0.2, -0.15) is 0 Å². The SMILES string of the molecule is CC(N)(CC(=O)O)C(=O)O.Cl. The molecule has 11 heavy (non-hydrogen) atoms. The van der Waals surface area contributed by atoms with E-state index in [9.17, 15) is 9.59 Å². The predicted octanol–water partition coefficient (Wildman–Crippen LogP) is -0.315. The van der Waals surface area contributed by atoms with E-state index in [1.54, 1.807) is 0 Å². The Hall–Kier alpha value is -0.810. The molecule has 66 valence electrons. The Bertz CT molecular complexity index is 168. The highest BCUT2D eigenvalue weighted by Gasteiger charge is 2.30. The van der Waals surface area contributed by atoms with Crippen molar-refractivity contribution in [2.75, 3.05) is 0 Å². The van der Waals surface area contributed by atoms with Crippen LogP contribution in [0.3, 0.4) is 0 Å². The lowest BCUT2D eigenvalue weighted by Crippen LogP contribution is -2.46. The molecule has 0 bridgehead atoms. The quantitative estimate of drug-likeness (QED) is 0.557. The van der Waals surface area contributed by atoms with Crippen LogP contribution in [0.25, 0.3) is 0 Å². The van der Waals surface area contributed by atoms with Gasteiger partial charge in [-0.25, -0.2) is 0 Å². The van der Waals surface area contributed by atoms with Crippen molar-refractivity contribution in [3.8, 4) is 0 Å². The van der Waals surface area contributed by atoms with Crippen LogP contribution < -0.4 is 5.73 Å². The Morgan fingerprint density at radius 3 is 1.91 bits per heavy atom. The minimum absolute atomic E-state index is 0. The normalized spacial score (nSPS) is 14.4. The van der Waals surface area contributed by atoms with Crippen molar-refractivity contribution in [1.82, 2.24) is 0 Å². The fourth-order valence-corrected chi connectivity index (χ4v) is 0.390. The number of carboxylic acids is 2. The van der Waals surface area contributed by atoms with Gasteiger partial charge in [-0.05, 0) is 6.92 Å². The number of carbonyl (C=O) groups is 2. The first-order chi connectivity index (χ1) is 4.36. The van der Waals surface area contributed by atoms with E-state index in [-0.39, 0.29) is 12.4 Å². The highest BCUT2D eigenvalue weighted by Crippen LogP contribution is 2.04.